The molecule has 18 heavy (non-hydrogen) atoms. The van der Waals surface area contributed by atoms with E-state index in [0.717, 1.165) is 36.8 Å². The van der Waals surface area contributed by atoms with Crippen LogP contribution in [-0.4, -0.2) is 11.8 Å². The van der Waals surface area contributed by atoms with Crippen LogP contribution >= 0.6 is 11.6 Å². The highest BCUT2D eigenvalue weighted by molar-refractivity contribution is 6.31. The SMILES string of the molecule is Cc1ccc(CC(=O)C2CCCC(N)C2)c(Cl)c1. The van der Waals surface area contributed by atoms with Gasteiger partial charge in [0, 0.05) is 23.4 Å². The Morgan fingerprint density at radius 1 is 1.44 bits per heavy atom. The molecule has 0 bridgehead atoms. The van der Waals surface area contributed by atoms with Crippen LogP contribution < -0.4 is 5.73 Å². The van der Waals surface area contributed by atoms with E-state index in [2.05, 4.69) is 0 Å². The van der Waals surface area contributed by atoms with E-state index in [0.29, 0.717) is 11.4 Å². The Bertz CT molecular complexity index is 444. The molecular weight excluding hydrogens is 246 g/mol. The molecule has 2 N–H and O–H groups in total. The van der Waals surface area contributed by atoms with Crippen LogP contribution in [0.5, 0.6) is 0 Å². The van der Waals surface area contributed by atoms with E-state index >= 15 is 0 Å². The smallest absolute Gasteiger partial charge is 0.140 e. The molecule has 2 unspecified atom stereocenters. The zero-order valence-corrected chi connectivity index (χ0v) is 11.5. The average Bonchev–Trinajstić information content (AvgIpc) is 2.32. The Morgan fingerprint density at radius 3 is 2.89 bits per heavy atom. The second-order valence-electron chi connectivity index (χ2n) is 5.36. The Hall–Kier alpha value is -0.860. The summed E-state index contributed by atoms with van der Waals surface area (Å²) in [4.78, 5) is 12.2. The number of carbonyl (C=O) groups is 1. The van der Waals surface area contributed by atoms with E-state index in [9.17, 15) is 4.79 Å². The Labute approximate surface area is 114 Å². The first-order valence-electron chi connectivity index (χ1n) is 6.59. The summed E-state index contributed by atoms with van der Waals surface area (Å²) in [5, 5.41) is 0.698. The quantitative estimate of drug-likeness (QED) is 0.911. The lowest BCUT2D eigenvalue weighted by Crippen LogP contribution is -2.32. The number of hydrogen-bond donors (Lipinski definition) is 1. The summed E-state index contributed by atoms with van der Waals surface area (Å²) >= 11 is 6.16. The van der Waals surface area contributed by atoms with E-state index in [-0.39, 0.29) is 17.7 Å². The molecule has 1 fully saturated rings. The molecule has 1 saturated carbocycles. The fourth-order valence-corrected chi connectivity index (χ4v) is 2.95. The second-order valence-corrected chi connectivity index (χ2v) is 5.77. The van der Waals surface area contributed by atoms with Crippen LogP contribution in [0, 0.1) is 12.8 Å². The molecule has 1 aromatic rings. The fraction of sp³-hybridized carbons (Fsp3) is 0.533. The van der Waals surface area contributed by atoms with Gasteiger partial charge in [0.05, 0.1) is 0 Å². The maximum absolute atomic E-state index is 12.2. The van der Waals surface area contributed by atoms with Gasteiger partial charge in [-0.3, -0.25) is 4.79 Å². The minimum Gasteiger partial charge on any atom is -0.328 e. The van der Waals surface area contributed by atoms with Crippen molar-refractivity contribution in [2.45, 2.75) is 45.1 Å². The van der Waals surface area contributed by atoms with Crippen LogP contribution in [0.2, 0.25) is 5.02 Å². The number of hydrogen-bond acceptors (Lipinski definition) is 2. The lowest BCUT2D eigenvalue weighted by molar-refractivity contribution is -0.123. The molecule has 1 aromatic carbocycles. The van der Waals surface area contributed by atoms with Gasteiger partial charge in [-0.1, -0.05) is 30.2 Å². The van der Waals surface area contributed by atoms with Crippen molar-refractivity contribution in [3.8, 4) is 0 Å². The highest BCUT2D eigenvalue weighted by Gasteiger charge is 2.25. The summed E-state index contributed by atoms with van der Waals surface area (Å²) in [6.45, 7) is 2.00. The fourth-order valence-electron chi connectivity index (χ4n) is 2.65. The van der Waals surface area contributed by atoms with Gasteiger partial charge in [0.25, 0.3) is 0 Å². The molecule has 2 nitrogen and oxygen atoms in total. The largest absolute Gasteiger partial charge is 0.328 e. The molecule has 0 saturated heterocycles. The van der Waals surface area contributed by atoms with Crippen LogP contribution in [0.3, 0.4) is 0 Å². The third-order valence-corrected chi connectivity index (χ3v) is 4.10. The van der Waals surface area contributed by atoms with Gasteiger partial charge in [-0.15, -0.1) is 0 Å². The van der Waals surface area contributed by atoms with Crippen LogP contribution in [-0.2, 0) is 11.2 Å². The highest BCUT2D eigenvalue weighted by atomic mass is 35.5. The number of benzene rings is 1. The van der Waals surface area contributed by atoms with Crippen molar-refractivity contribution in [1.82, 2.24) is 0 Å². The molecule has 1 aliphatic carbocycles. The molecule has 98 valence electrons. The first-order valence-corrected chi connectivity index (χ1v) is 6.97. The molecule has 0 radical (unpaired) electrons. The third-order valence-electron chi connectivity index (χ3n) is 3.74. The predicted octanol–water partition coefficient (Wildman–Crippen LogP) is 3.28. The normalized spacial score (nSPS) is 23.9. The van der Waals surface area contributed by atoms with Gasteiger partial charge in [0.1, 0.15) is 5.78 Å². The van der Waals surface area contributed by atoms with E-state index in [4.69, 9.17) is 17.3 Å². The van der Waals surface area contributed by atoms with Crippen LogP contribution in [0.4, 0.5) is 0 Å². The summed E-state index contributed by atoms with van der Waals surface area (Å²) in [6, 6.07) is 6.07. The lowest BCUT2D eigenvalue weighted by atomic mass is 9.82. The number of carbonyl (C=O) groups excluding carboxylic acids is 1. The van der Waals surface area contributed by atoms with Gasteiger partial charge >= 0.3 is 0 Å². The molecule has 2 rings (SSSR count). The standard InChI is InChI=1S/C15H20ClNO/c1-10-5-6-11(14(16)7-10)9-15(18)12-3-2-4-13(17)8-12/h5-7,12-13H,2-4,8-9,17H2,1H3. The summed E-state index contributed by atoms with van der Waals surface area (Å²) in [5.74, 6) is 0.419. The average molecular weight is 266 g/mol. The zero-order valence-electron chi connectivity index (χ0n) is 10.8. The van der Waals surface area contributed by atoms with E-state index in [1.54, 1.807) is 0 Å². The second kappa shape index (κ2) is 5.85. The molecule has 0 heterocycles. The van der Waals surface area contributed by atoms with Crippen molar-refractivity contribution >= 4 is 17.4 Å². The topological polar surface area (TPSA) is 43.1 Å². The van der Waals surface area contributed by atoms with E-state index in [1.807, 2.05) is 25.1 Å². The van der Waals surface area contributed by atoms with Gasteiger partial charge in [-0.2, -0.15) is 0 Å². The van der Waals surface area contributed by atoms with Crippen molar-refractivity contribution in [2.24, 2.45) is 11.7 Å². The van der Waals surface area contributed by atoms with Crippen molar-refractivity contribution in [3.05, 3.63) is 34.3 Å². The maximum atomic E-state index is 12.2. The Kier molecular flexibility index (Phi) is 4.41. The molecule has 2 atom stereocenters. The molecule has 0 spiro atoms. The molecule has 0 amide bonds. The minimum absolute atomic E-state index is 0.131. The van der Waals surface area contributed by atoms with Crippen molar-refractivity contribution in [2.75, 3.05) is 0 Å². The summed E-state index contributed by atoms with van der Waals surface area (Å²) in [5.41, 5.74) is 7.99. The maximum Gasteiger partial charge on any atom is 0.140 e. The zero-order chi connectivity index (χ0) is 13.1. The number of halogens is 1. The van der Waals surface area contributed by atoms with Crippen LogP contribution in [0.1, 0.15) is 36.8 Å². The summed E-state index contributed by atoms with van der Waals surface area (Å²) in [7, 11) is 0. The van der Waals surface area contributed by atoms with Gasteiger partial charge < -0.3 is 5.73 Å². The Balaban J connectivity index is 2.02. The van der Waals surface area contributed by atoms with Crippen LogP contribution in [0.25, 0.3) is 0 Å². The van der Waals surface area contributed by atoms with Gasteiger partial charge in [-0.25, -0.2) is 0 Å². The number of aryl methyl sites for hydroxylation is 1. The number of nitrogens with two attached hydrogens (primary N) is 1. The van der Waals surface area contributed by atoms with Gasteiger partial charge in [0.15, 0.2) is 0 Å². The van der Waals surface area contributed by atoms with Crippen LogP contribution in [0.15, 0.2) is 18.2 Å². The highest BCUT2D eigenvalue weighted by Crippen LogP contribution is 2.26. The predicted molar refractivity (Wildman–Crippen MR) is 74.8 cm³/mol. The first kappa shape index (κ1) is 13.6. The molecule has 3 heteroatoms. The first-order chi connectivity index (χ1) is 8.56. The Morgan fingerprint density at radius 2 is 2.22 bits per heavy atom. The number of Topliss-reactive ketones (excluding diaryl/α,β-unsaturated/α-hetero) is 1. The molecular formula is C15H20ClNO. The number of ketones is 1. The monoisotopic (exact) mass is 265 g/mol. The molecule has 0 aromatic heterocycles. The summed E-state index contributed by atoms with van der Waals surface area (Å²) < 4.78 is 0. The summed E-state index contributed by atoms with van der Waals surface area (Å²) in [6.07, 6.45) is 4.38. The lowest BCUT2D eigenvalue weighted by Gasteiger charge is -2.25. The molecule has 1 aliphatic rings. The number of rotatable bonds is 3. The third kappa shape index (κ3) is 3.33. The van der Waals surface area contributed by atoms with E-state index < -0.39 is 0 Å². The molecule has 0 aliphatic heterocycles. The van der Waals surface area contributed by atoms with E-state index in [1.165, 1.54) is 0 Å². The van der Waals surface area contributed by atoms with Gasteiger partial charge in [0.2, 0.25) is 0 Å². The van der Waals surface area contributed by atoms with Gasteiger partial charge in [-0.05, 0) is 43.4 Å². The van der Waals surface area contributed by atoms with Crippen molar-refractivity contribution in [1.29, 1.82) is 0 Å². The minimum atomic E-state index is 0.131. The van der Waals surface area contributed by atoms with Crippen molar-refractivity contribution < 1.29 is 4.79 Å². The van der Waals surface area contributed by atoms with Crippen molar-refractivity contribution in [3.63, 3.8) is 0 Å².